The monoisotopic (exact) mass is 478 g/mol. The lowest BCUT2D eigenvalue weighted by atomic mass is 10.1. The Morgan fingerprint density at radius 3 is 2.38 bits per heavy atom. The maximum atomic E-state index is 12.5. The molecule has 1 atom stereocenters. The van der Waals surface area contributed by atoms with Crippen LogP contribution in [0.3, 0.4) is 0 Å². The number of methoxy groups -OCH3 is 1. The first-order chi connectivity index (χ1) is 16.4. The maximum Gasteiger partial charge on any atom is 0.241 e. The number of carbonyl (C=O) groups is 1. The molecule has 0 saturated carbocycles. The number of ether oxygens (including phenoxy) is 1. The van der Waals surface area contributed by atoms with Crippen LogP contribution < -0.4 is 14.8 Å². The Hall–Kier alpha value is -3.69. The Kier molecular flexibility index (Phi) is 6.95. The molecular formula is C25H26N4O4S. The molecule has 2 N–H and O–H groups in total. The highest BCUT2D eigenvalue weighted by molar-refractivity contribution is 7.89. The summed E-state index contributed by atoms with van der Waals surface area (Å²) < 4.78 is 34.6. The first kappa shape index (κ1) is 23.5. The summed E-state index contributed by atoms with van der Waals surface area (Å²) in [4.78, 5) is 16.9. The molecular weight excluding hydrogens is 452 g/mol. The number of benzene rings is 3. The predicted molar refractivity (Wildman–Crippen MR) is 130 cm³/mol. The van der Waals surface area contributed by atoms with E-state index in [0.717, 1.165) is 22.2 Å². The van der Waals surface area contributed by atoms with Crippen molar-refractivity contribution in [2.45, 2.75) is 31.0 Å². The molecule has 0 saturated heterocycles. The molecule has 0 fully saturated rings. The molecule has 0 unspecified atom stereocenters. The SMILES string of the molecule is COc1ccc(S(=O)(=O)N[C@@H](C)C(=O)NCc2ccc(Cn3cnc4ccccc43)cc2)cc1. The van der Waals surface area contributed by atoms with E-state index >= 15 is 0 Å². The first-order valence-electron chi connectivity index (χ1n) is 10.8. The molecule has 176 valence electrons. The van der Waals surface area contributed by atoms with E-state index in [1.807, 2.05) is 54.9 Å². The van der Waals surface area contributed by atoms with Crippen LogP contribution in [0.5, 0.6) is 5.75 Å². The Morgan fingerprint density at radius 2 is 1.68 bits per heavy atom. The second-order valence-electron chi connectivity index (χ2n) is 7.91. The zero-order valence-corrected chi connectivity index (χ0v) is 19.7. The van der Waals surface area contributed by atoms with Gasteiger partial charge in [0.2, 0.25) is 15.9 Å². The summed E-state index contributed by atoms with van der Waals surface area (Å²) in [6.45, 7) is 2.49. The minimum absolute atomic E-state index is 0.0641. The van der Waals surface area contributed by atoms with E-state index in [-0.39, 0.29) is 4.90 Å². The van der Waals surface area contributed by atoms with Crippen molar-refractivity contribution in [1.29, 1.82) is 0 Å². The fraction of sp³-hybridized carbons (Fsp3) is 0.200. The molecule has 4 aromatic rings. The van der Waals surface area contributed by atoms with Crippen LogP contribution in [0.2, 0.25) is 0 Å². The molecule has 0 aliphatic carbocycles. The van der Waals surface area contributed by atoms with Gasteiger partial charge in [-0.25, -0.2) is 13.4 Å². The average Bonchev–Trinajstić information content (AvgIpc) is 3.26. The molecule has 0 bridgehead atoms. The molecule has 34 heavy (non-hydrogen) atoms. The normalized spacial score (nSPS) is 12.4. The Labute approximate surface area is 198 Å². The van der Waals surface area contributed by atoms with Crippen LogP contribution in [0.1, 0.15) is 18.1 Å². The molecule has 1 aromatic heterocycles. The van der Waals surface area contributed by atoms with E-state index in [4.69, 9.17) is 4.74 Å². The summed E-state index contributed by atoms with van der Waals surface area (Å²) in [7, 11) is -2.33. The fourth-order valence-corrected chi connectivity index (χ4v) is 4.75. The number of amides is 1. The van der Waals surface area contributed by atoms with Crippen molar-refractivity contribution < 1.29 is 17.9 Å². The highest BCUT2D eigenvalue weighted by atomic mass is 32.2. The molecule has 0 radical (unpaired) electrons. The summed E-state index contributed by atoms with van der Waals surface area (Å²) in [5, 5.41) is 2.78. The lowest BCUT2D eigenvalue weighted by molar-refractivity contribution is -0.122. The van der Waals surface area contributed by atoms with Gasteiger partial charge in [-0.3, -0.25) is 4.79 Å². The quantitative estimate of drug-likeness (QED) is 0.385. The number of para-hydroxylation sites is 2. The van der Waals surface area contributed by atoms with Crippen LogP contribution in [0.15, 0.2) is 84.0 Å². The van der Waals surface area contributed by atoms with E-state index in [9.17, 15) is 13.2 Å². The van der Waals surface area contributed by atoms with Gasteiger partial charge in [-0.2, -0.15) is 4.72 Å². The number of rotatable bonds is 9. The zero-order valence-electron chi connectivity index (χ0n) is 18.9. The molecule has 9 heteroatoms. The topological polar surface area (TPSA) is 102 Å². The Balaban J connectivity index is 1.31. The molecule has 0 aliphatic rings. The molecule has 0 spiro atoms. The number of imidazole rings is 1. The minimum atomic E-state index is -3.83. The predicted octanol–water partition coefficient (Wildman–Crippen LogP) is 3.08. The van der Waals surface area contributed by atoms with Crippen LogP contribution in [0.4, 0.5) is 0 Å². The van der Waals surface area contributed by atoms with Gasteiger partial charge >= 0.3 is 0 Å². The van der Waals surface area contributed by atoms with E-state index in [2.05, 4.69) is 19.6 Å². The van der Waals surface area contributed by atoms with Gasteiger partial charge in [-0.05, 0) is 54.4 Å². The summed E-state index contributed by atoms with van der Waals surface area (Å²) in [5.41, 5.74) is 4.06. The zero-order chi connectivity index (χ0) is 24.1. The van der Waals surface area contributed by atoms with Gasteiger partial charge in [0.1, 0.15) is 5.75 Å². The third-order valence-corrected chi connectivity index (χ3v) is 7.02. The van der Waals surface area contributed by atoms with Crippen molar-refractivity contribution in [3.05, 3.63) is 90.3 Å². The number of hydrogen-bond donors (Lipinski definition) is 2. The average molecular weight is 479 g/mol. The molecule has 0 aliphatic heterocycles. The number of aromatic nitrogens is 2. The van der Waals surface area contributed by atoms with Gasteiger partial charge in [0.05, 0.1) is 35.4 Å². The van der Waals surface area contributed by atoms with Crippen molar-refractivity contribution in [2.24, 2.45) is 0 Å². The molecule has 3 aromatic carbocycles. The number of nitrogens with one attached hydrogen (secondary N) is 2. The van der Waals surface area contributed by atoms with Crippen LogP contribution >= 0.6 is 0 Å². The lowest BCUT2D eigenvalue weighted by Crippen LogP contribution is -2.44. The molecule has 1 amide bonds. The number of nitrogens with zero attached hydrogens (tertiary/aromatic N) is 2. The van der Waals surface area contributed by atoms with Crippen molar-refractivity contribution in [3.8, 4) is 5.75 Å². The van der Waals surface area contributed by atoms with Crippen molar-refractivity contribution >= 4 is 27.0 Å². The number of hydrogen-bond acceptors (Lipinski definition) is 5. The highest BCUT2D eigenvalue weighted by Gasteiger charge is 2.22. The van der Waals surface area contributed by atoms with Gasteiger partial charge in [0.25, 0.3) is 0 Å². The van der Waals surface area contributed by atoms with Crippen LogP contribution in [-0.2, 0) is 27.9 Å². The molecule has 8 nitrogen and oxygen atoms in total. The number of fused-ring (bicyclic) bond motifs is 1. The van der Waals surface area contributed by atoms with Gasteiger partial charge in [-0.1, -0.05) is 36.4 Å². The van der Waals surface area contributed by atoms with E-state index in [0.29, 0.717) is 18.8 Å². The number of sulfonamides is 1. The van der Waals surface area contributed by atoms with Crippen LogP contribution in [0, 0.1) is 0 Å². The minimum Gasteiger partial charge on any atom is -0.497 e. The van der Waals surface area contributed by atoms with Gasteiger partial charge in [0.15, 0.2) is 0 Å². The first-order valence-corrected chi connectivity index (χ1v) is 12.3. The van der Waals surface area contributed by atoms with Crippen molar-refractivity contribution in [3.63, 3.8) is 0 Å². The number of carbonyl (C=O) groups excluding carboxylic acids is 1. The summed E-state index contributed by atoms with van der Waals surface area (Å²) in [5.74, 6) is 0.139. The molecule has 4 rings (SSSR count). The fourth-order valence-electron chi connectivity index (χ4n) is 3.55. The standard InChI is InChI=1S/C25H26N4O4S/c1-18(28-34(31,32)22-13-11-21(33-2)12-14-22)25(30)26-15-19-7-9-20(10-8-19)16-29-17-27-23-5-3-4-6-24(23)29/h3-14,17-18,28H,15-16H2,1-2H3,(H,26,30)/t18-/m0/s1. The smallest absolute Gasteiger partial charge is 0.241 e. The second-order valence-corrected chi connectivity index (χ2v) is 9.63. The largest absolute Gasteiger partial charge is 0.497 e. The Morgan fingerprint density at radius 1 is 1.00 bits per heavy atom. The van der Waals surface area contributed by atoms with Crippen molar-refractivity contribution in [1.82, 2.24) is 19.6 Å². The summed E-state index contributed by atoms with van der Waals surface area (Å²) in [6.07, 6.45) is 1.83. The Bertz CT molecular complexity index is 1380. The van der Waals surface area contributed by atoms with Gasteiger partial charge < -0.3 is 14.6 Å². The van der Waals surface area contributed by atoms with Crippen LogP contribution in [0.25, 0.3) is 11.0 Å². The lowest BCUT2D eigenvalue weighted by Gasteiger charge is -2.15. The molecule has 1 heterocycles. The third kappa shape index (κ3) is 5.44. The van der Waals surface area contributed by atoms with E-state index in [1.165, 1.54) is 26.2 Å². The third-order valence-electron chi connectivity index (χ3n) is 5.46. The summed E-state index contributed by atoms with van der Waals surface area (Å²) >= 11 is 0. The maximum absolute atomic E-state index is 12.5. The highest BCUT2D eigenvalue weighted by Crippen LogP contribution is 2.16. The second kappa shape index (κ2) is 10.1. The van der Waals surface area contributed by atoms with Gasteiger partial charge in [-0.15, -0.1) is 0 Å². The van der Waals surface area contributed by atoms with Gasteiger partial charge in [0, 0.05) is 13.1 Å². The van der Waals surface area contributed by atoms with E-state index < -0.39 is 22.0 Å². The van der Waals surface area contributed by atoms with Crippen molar-refractivity contribution in [2.75, 3.05) is 7.11 Å². The summed E-state index contributed by atoms with van der Waals surface area (Å²) in [6, 6.07) is 20.9. The van der Waals surface area contributed by atoms with Crippen LogP contribution in [-0.4, -0.2) is 37.0 Å². The van der Waals surface area contributed by atoms with E-state index in [1.54, 1.807) is 12.1 Å².